The maximum absolute atomic E-state index is 12.5. The van der Waals surface area contributed by atoms with Gasteiger partial charge < -0.3 is 5.32 Å². The Morgan fingerprint density at radius 3 is 2.55 bits per heavy atom. The quantitative estimate of drug-likeness (QED) is 0.846. The van der Waals surface area contributed by atoms with Crippen LogP contribution in [0.25, 0.3) is 0 Å². The van der Waals surface area contributed by atoms with Gasteiger partial charge in [0.05, 0.1) is 8.81 Å². The molecular formula is C11H14BrClN2O3S2. The zero-order valence-electron chi connectivity index (χ0n) is 10.7. The fraction of sp³-hybridized carbons (Fsp3) is 0.545. The maximum atomic E-state index is 12.5. The Hall–Kier alpha value is -0.150. The predicted molar refractivity (Wildman–Crippen MR) is 82.6 cm³/mol. The number of halogens is 2. The van der Waals surface area contributed by atoms with Crippen molar-refractivity contribution >= 4 is 54.8 Å². The number of rotatable bonds is 3. The van der Waals surface area contributed by atoms with Gasteiger partial charge in [-0.15, -0.1) is 11.3 Å². The first-order valence-electron chi connectivity index (χ1n) is 6.03. The molecule has 1 aromatic heterocycles. The van der Waals surface area contributed by atoms with Crippen LogP contribution in [0.15, 0.2) is 14.1 Å². The number of piperidine rings is 1. The molecule has 2 heterocycles. The van der Waals surface area contributed by atoms with Gasteiger partial charge in [-0.05, 0) is 34.8 Å². The van der Waals surface area contributed by atoms with Gasteiger partial charge in [0.1, 0.15) is 4.21 Å². The van der Waals surface area contributed by atoms with Crippen LogP contribution in [0.3, 0.4) is 0 Å². The second kappa shape index (κ2) is 6.31. The molecule has 1 N–H and O–H groups in total. The third-order valence-electron chi connectivity index (χ3n) is 3.08. The van der Waals surface area contributed by atoms with Crippen LogP contribution in [0.5, 0.6) is 0 Å². The Labute approximate surface area is 135 Å². The molecule has 0 radical (unpaired) electrons. The van der Waals surface area contributed by atoms with Crippen LogP contribution in [0, 0.1) is 0 Å². The molecule has 2 rings (SSSR count). The SMILES string of the molecule is CC(=O)NC1CCN(S(=O)(=O)c2cc(Cl)c(Br)s2)CC1. The number of sulfonamides is 1. The van der Waals surface area contributed by atoms with Crippen molar-refractivity contribution in [2.75, 3.05) is 13.1 Å². The van der Waals surface area contributed by atoms with Crippen molar-refractivity contribution < 1.29 is 13.2 Å². The van der Waals surface area contributed by atoms with Crippen LogP contribution >= 0.6 is 38.9 Å². The molecule has 1 amide bonds. The summed E-state index contributed by atoms with van der Waals surface area (Å²) in [5.41, 5.74) is 0. The van der Waals surface area contributed by atoms with Crippen LogP contribution in [-0.2, 0) is 14.8 Å². The van der Waals surface area contributed by atoms with E-state index in [0.717, 1.165) is 11.3 Å². The van der Waals surface area contributed by atoms with E-state index in [4.69, 9.17) is 11.6 Å². The topological polar surface area (TPSA) is 66.5 Å². The second-order valence-electron chi connectivity index (χ2n) is 4.57. The standard InChI is InChI=1S/C11H14BrClN2O3S2/c1-7(16)14-8-2-4-15(5-3-8)20(17,18)10-6-9(13)11(12)19-10/h6,8H,2-5H2,1H3,(H,14,16). The average molecular weight is 402 g/mol. The molecule has 1 fully saturated rings. The highest BCUT2D eigenvalue weighted by Crippen LogP contribution is 2.36. The van der Waals surface area contributed by atoms with Crippen molar-refractivity contribution in [3.63, 3.8) is 0 Å². The molecular weight excluding hydrogens is 388 g/mol. The molecule has 0 atom stereocenters. The normalized spacial score (nSPS) is 18.1. The lowest BCUT2D eigenvalue weighted by atomic mass is 10.1. The van der Waals surface area contributed by atoms with Crippen LogP contribution in [-0.4, -0.2) is 37.8 Å². The molecule has 0 bridgehead atoms. The molecule has 1 aliphatic heterocycles. The van der Waals surface area contributed by atoms with Gasteiger partial charge in [-0.3, -0.25) is 4.79 Å². The Kier molecular flexibility index (Phi) is 5.12. The van der Waals surface area contributed by atoms with Gasteiger partial charge in [-0.1, -0.05) is 11.6 Å². The first kappa shape index (κ1) is 16.2. The largest absolute Gasteiger partial charge is 0.354 e. The van der Waals surface area contributed by atoms with Gasteiger partial charge >= 0.3 is 0 Å². The van der Waals surface area contributed by atoms with Crippen LogP contribution in [0.2, 0.25) is 5.02 Å². The number of nitrogens with one attached hydrogen (secondary N) is 1. The monoisotopic (exact) mass is 400 g/mol. The first-order chi connectivity index (χ1) is 9.30. The zero-order valence-corrected chi connectivity index (χ0v) is 14.7. The van der Waals surface area contributed by atoms with Crippen molar-refractivity contribution in [2.45, 2.75) is 30.0 Å². The lowest BCUT2D eigenvalue weighted by molar-refractivity contribution is -0.119. The summed E-state index contributed by atoms with van der Waals surface area (Å²) in [4.78, 5) is 11.0. The van der Waals surface area contributed by atoms with E-state index >= 15 is 0 Å². The molecule has 9 heteroatoms. The number of nitrogens with zero attached hydrogens (tertiary/aromatic N) is 1. The first-order valence-corrected chi connectivity index (χ1v) is 9.45. The molecule has 20 heavy (non-hydrogen) atoms. The van der Waals surface area contributed by atoms with Gasteiger partial charge in [-0.2, -0.15) is 4.31 Å². The summed E-state index contributed by atoms with van der Waals surface area (Å²) in [7, 11) is -3.49. The fourth-order valence-electron chi connectivity index (χ4n) is 2.11. The molecule has 0 aliphatic carbocycles. The zero-order chi connectivity index (χ0) is 14.9. The number of carbonyl (C=O) groups excluding carboxylic acids is 1. The van der Waals surface area contributed by atoms with Crippen LogP contribution < -0.4 is 5.32 Å². The second-order valence-corrected chi connectivity index (χ2v) is 9.51. The van der Waals surface area contributed by atoms with Crippen molar-refractivity contribution in [1.29, 1.82) is 0 Å². The smallest absolute Gasteiger partial charge is 0.252 e. The van der Waals surface area contributed by atoms with E-state index in [1.165, 1.54) is 17.3 Å². The van der Waals surface area contributed by atoms with Gasteiger partial charge in [0.2, 0.25) is 5.91 Å². The third-order valence-corrected chi connectivity index (χ3v) is 7.90. The Morgan fingerprint density at radius 1 is 1.50 bits per heavy atom. The highest BCUT2D eigenvalue weighted by Gasteiger charge is 2.31. The summed E-state index contributed by atoms with van der Waals surface area (Å²) in [5, 5.41) is 3.22. The fourth-order valence-corrected chi connectivity index (χ4v) is 6.13. The van der Waals surface area contributed by atoms with Crippen LogP contribution in [0.4, 0.5) is 0 Å². The van der Waals surface area contributed by atoms with E-state index in [-0.39, 0.29) is 16.2 Å². The highest BCUT2D eigenvalue weighted by molar-refractivity contribution is 9.11. The molecule has 0 unspecified atom stereocenters. The van der Waals surface area contributed by atoms with E-state index < -0.39 is 10.0 Å². The number of hydrogen-bond acceptors (Lipinski definition) is 4. The number of thiophene rings is 1. The third kappa shape index (κ3) is 3.54. The summed E-state index contributed by atoms with van der Waals surface area (Å²) in [6.07, 6.45) is 1.25. The Morgan fingerprint density at radius 2 is 2.10 bits per heavy atom. The number of hydrogen-bond donors (Lipinski definition) is 1. The van der Waals surface area contributed by atoms with E-state index in [9.17, 15) is 13.2 Å². The summed E-state index contributed by atoms with van der Waals surface area (Å²) in [5.74, 6) is -0.0831. The van der Waals surface area contributed by atoms with Crippen molar-refractivity contribution in [2.24, 2.45) is 0 Å². The number of amides is 1. The number of carbonyl (C=O) groups is 1. The van der Waals surface area contributed by atoms with Gasteiger partial charge in [0.25, 0.3) is 10.0 Å². The van der Waals surface area contributed by atoms with E-state index in [0.29, 0.717) is 34.7 Å². The summed E-state index contributed by atoms with van der Waals surface area (Å²) in [6, 6.07) is 1.52. The van der Waals surface area contributed by atoms with Crippen molar-refractivity contribution in [3.8, 4) is 0 Å². The molecule has 0 spiro atoms. The van der Waals surface area contributed by atoms with Gasteiger partial charge in [0, 0.05) is 26.1 Å². The minimum absolute atomic E-state index is 0.0533. The lowest BCUT2D eigenvalue weighted by Crippen LogP contribution is -2.45. The molecule has 1 aromatic rings. The summed E-state index contributed by atoms with van der Waals surface area (Å²) in [6.45, 7) is 2.27. The van der Waals surface area contributed by atoms with E-state index in [1.54, 1.807) is 0 Å². The summed E-state index contributed by atoms with van der Waals surface area (Å²) < 4.78 is 27.2. The highest BCUT2D eigenvalue weighted by atomic mass is 79.9. The molecule has 0 saturated carbocycles. The molecule has 0 aromatic carbocycles. The van der Waals surface area contributed by atoms with E-state index in [1.807, 2.05) is 0 Å². The summed E-state index contributed by atoms with van der Waals surface area (Å²) >= 11 is 10.2. The lowest BCUT2D eigenvalue weighted by Gasteiger charge is -2.30. The Balaban J connectivity index is 2.07. The Bertz CT molecular complexity index is 590. The van der Waals surface area contributed by atoms with Crippen molar-refractivity contribution in [1.82, 2.24) is 9.62 Å². The van der Waals surface area contributed by atoms with Crippen molar-refractivity contribution in [3.05, 3.63) is 14.9 Å². The molecule has 1 aliphatic rings. The minimum Gasteiger partial charge on any atom is -0.354 e. The van der Waals surface area contributed by atoms with Gasteiger partial charge in [0.15, 0.2) is 0 Å². The minimum atomic E-state index is -3.49. The van der Waals surface area contributed by atoms with E-state index in [2.05, 4.69) is 21.2 Å². The molecule has 5 nitrogen and oxygen atoms in total. The average Bonchev–Trinajstić information content (AvgIpc) is 2.70. The predicted octanol–water partition coefficient (Wildman–Crippen LogP) is 2.45. The maximum Gasteiger partial charge on any atom is 0.252 e. The van der Waals surface area contributed by atoms with Crippen LogP contribution in [0.1, 0.15) is 19.8 Å². The molecule has 112 valence electrons. The van der Waals surface area contributed by atoms with Gasteiger partial charge in [-0.25, -0.2) is 8.42 Å². The molecule has 1 saturated heterocycles.